The molecule has 0 heterocycles. The summed E-state index contributed by atoms with van der Waals surface area (Å²) in [5.74, 6) is 0. The van der Waals surface area contributed by atoms with Gasteiger partial charge in [0.2, 0.25) is 0 Å². The maximum Gasteiger partial charge on any atom is 0.102 e. The average Bonchev–Trinajstić information content (AvgIpc) is 2.17. The van der Waals surface area contributed by atoms with Crippen molar-refractivity contribution in [3.05, 3.63) is 48.0 Å². The molecule has 2 N–H and O–H groups in total. The summed E-state index contributed by atoms with van der Waals surface area (Å²) >= 11 is 0. The van der Waals surface area contributed by atoms with Gasteiger partial charge in [0.1, 0.15) is 6.10 Å². The van der Waals surface area contributed by atoms with E-state index in [4.69, 9.17) is 5.11 Å². The van der Waals surface area contributed by atoms with Crippen LogP contribution < -0.4 is 0 Å². The number of aliphatic hydroxyl groups is 2. The van der Waals surface area contributed by atoms with Crippen LogP contribution in [0.4, 0.5) is 0 Å². The zero-order valence-electron chi connectivity index (χ0n) is 6.77. The number of hydrogen-bond acceptors (Lipinski definition) is 2. The van der Waals surface area contributed by atoms with Gasteiger partial charge < -0.3 is 10.2 Å². The minimum atomic E-state index is -0.754. The third-order valence-electron chi connectivity index (χ3n) is 1.71. The standard InChI is InChI=1S/C10H12O2/c1-8(7-11)10(12)9-5-3-2-4-6-9/h2-6,10-12H,1,7H2. The first-order valence-corrected chi connectivity index (χ1v) is 3.77. The molecule has 0 aliphatic rings. The summed E-state index contributed by atoms with van der Waals surface area (Å²) in [6.07, 6.45) is -0.754. The summed E-state index contributed by atoms with van der Waals surface area (Å²) in [7, 11) is 0. The average molecular weight is 164 g/mol. The molecule has 1 unspecified atom stereocenters. The predicted molar refractivity (Wildman–Crippen MR) is 47.6 cm³/mol. The highest BCUT2D eigenvalue weighted by molar-refractivity contribution is 5.24. The summed E-state index contributed by atoms with van der Waals surface area (Å²) in [4.78, 5) is 0. The quantitative estimate of drug-likeness (QED) is 0.660. The number of benzene rings is 1. The summed E-state index contributed by atoms with van der Waals surface area (Å²) in [5, 5.41) is 18.2. The van der Waals surface area contributed by atoms with Crippen LogP contribution in [0.15, 0.2) is 42.5 Å². The Hall–Kier alpha value is -1.12. The minimum Gasteiger partial charge on any atom is -0.392 e. The van der Waals surface area contributed by atoms with Gasteiger partial charge in [0, 0.05) is 0 Å². The van der Waals surface area contributed by atoms with Gasteiger partial charge in [0.15, 0.2) is 0 Å². The van der Waals surface area contributed by atoms with Gasteiger partial charge in [-0.1, -0.05) is 36.9 Å². The van der Waals surface area contributed by atoms with Gasteiger partial charge in [-0.3, -0.25) is 0 Å². The van der Waals surface area contributed by atoms with Crippen molar-refractivity contribution >= 4 is 0 Å². The lowest BCUT2D eigenvalue weighted by atomic mass is 10.0. The van der Waals surface area contributed by atoms with E-state index in [2.05, 4.69) is 6.58 Å². The second-order valence-corrected chi connectivity index (χ2v) is 2.63. The first-order chi connectivity index (χ1) is 5.75. The fourth-order valence-corrected chi connectivity index (χ4v) is 0.958. The molecule has 0 aromatic heterocycles. The molecule has 2 nitrogen and oxygen atoms in total. The van der Waals surface area contributed by atoms with E-state index in [0.717, 1.165) is 5.56 Å². The molecule has 0 fully saturated rings. The first kappa shape index (κ1) is 8.97. The molecule has 0 amide bonds. The molecule has 0 radical (unpaired) electrons. The summed E-state index contributed by atoms with van der Waals surface area (Å²) in [6.45, 7) is 3.37. The third-order valence-corrected chi connectivity index (χ3v) is 1.71. The van der Waals surface area contributed by atoms with Crippen LogP contribution in [0.1, 0.15) is 11.7 Å². The molecule has 0 aliphatic heterocycles. The van der Waals surface area contributed by atoms with Crippen LogP contribution >= 0.6 is 0 Å². The zero-order valence-corrected chi connectivity index (χ0v) is 6.77. The van der Waals surface area contributed by atoms with Crippen LogP contribution in [0.3, 0.4) is 0 Å². The Balaban J connectivity index is 2.78. The lowest BCUT2D eigenvalue weighted by molar-refractivity contribution is 0.191. The first-order valence-electron chi connectivity index (χ1n) is 3.77. The number of rotatable bonds is 3. The highest BCUT2D eigenvalue weighted by Gasteiger charge is 2.08. The molecule has 1 atom stereocenters. The Kier molecular flexibility index (Phi) is 3.02. The lowest BCUT2D eigenvalue weighted by Gasteiger charge is -2.11. The van der Waals surface area contributed by atoms with Crippen molar-refractivity contribution in [1.29, 1.82) is 0 Å². The van der Waals surface area contributed by atoms with Gasteiger partial charge >= 0.3 is 0 Å². The Labute approximate surface area is 71.8 Å². The number of aliphatic hydroxyl groups excluding tert-OH is 2. The van der Waals surface area contributed by atoms with Crippen LogP contribution in [0, 0.1) is 0 Å². The van der Waals surface area contributed by atoms with Gasteiger partial charge in [0.25, 0.3) is 0 Å². The van der Waals surface area contributed by atoms with Crippen molar-refractivity contribution in [2.24, 2.45) is 0 Å². The fraction of sp³-hybridized carbons (Fsp3) is 0.200. The van der Waals surface area contributed by atoms with E-state index in [1.807, 2.05) is 18.2 Å². The molecular weight excluding hydrogens is 152 g/mol. The van der Waals surface area contributed by atoms with E-state index in [1.54, 1.807) is 12.1 Å². The fourth-order valence-electron chi connectivity index (χ4n) is 0.958. The van der Waals surface area contributed by atoms with E-state index in [1.165, 1.54) is 0 Å². The largest absolute Gasteiger partial charge is 0.392 e. The molecule has 0 saturated carbocycles. The zero-order chi connectivity index (χ0) is 8.97. The van der Waals surface area contributed by atoms with Crippen molar-refractivity contribution in [3.63, 3.8) is 0 Å². The van der Waals surface area contributed by atoms with E-state index < -0.39 is 6.10 Å². The molecule has 0 spiro atoms. The molecule has 1 rings (SSSR count). The Morgan fingerprint density at radius 3 is 2.42 bits per heavy atom. The van der Waals surface area contributed by atoms with Crippen LogP contribution in [0.5, 0.6) is 0 Å². The van der Waals surface area contributed by atoms with Crippen LogP contribution in [-0.2, 0) is 0 Å². The second-order valence-electron chi connectivity index (χ2n) is 2.63. The van der Waals surface area contributed by atoms with Crippen LogP contribution in [0.25, 0.3) is 0 Å². The van der Waals surface area contributed by atoms with Crippen molar-refractivity contribution in [2.45, 2.75) is 6.10 Å². The van der Waals surface area contributed by atoms with Gasteiger partial charge in [-0.05, 0) is 11.1 Å². The molecule has 0 bridgehead atoms. The Bertz CT molecular complexity index is 254. The third kappa shape index (κ3) is 1.94. The summed E-state index contributed by atoms with van der Waals surface area (Å²) < 4.78 is 0. The van der Waals surface area contributed by atoms with Gasteiger partial charge in [-0.2, -0.15) is 0 Å². The Morgan fingerprint density at radius 1 is 1.33 bits per heavy atom. The lowest BCUT2D eigenvalue weighted by Crippen LogP contribution is -2.03. The molecule has 1 aromatic carbocycles. The van der Waals surface area contributed by atoms with Gasteiger partial charge in [0.05, 0.1) is 6.61 Å². The molecule has 2 heteroatoms. The van der Waals surface area contributed by atoms with Crippen LogP contribution in [-0.4, -0.2) is 16.8 Å². The molecule has 0 aliphatic carbocycles. The molecule has 0 saturated heterocycles. The van der Waals surface area contributed by atoms with Gasteiger partial charge in [-0.15, -0.1) is 0 Å². The second kappa shape index (κ2) is 4.04. The monoisotopic (exact) mass is 164 g/mol. The maximum atomic E-state index is 9.53. The SMILES string of the molecule is C=C(CO)C(O)c1ccccc1. The topological polar surface area (TPSA) is 40.5 Å². The molecule has 1 aromatic rings. The molecule has 12 heavy (non-hydrogen) atoms. The van der Waals surface area contributed by atoms with E-state index in [9.17, 15) is 5.11 Å². The summed E-state index contributed by atoms with van der Waals surface area (Å²) in [5.41, 5.74) is 1.18. The summed E-state index contributed by atoms with van der Waals surface area (Å²) in [6, 6.07) is 9.14. The van der Waals surface area contributed by atoms with E-state index >= 15 is 0 Å². The van der Waals surface area contributed by atoms with E-state index in [0.29, 0.717) is 5.57 Å². The smallest absolute Gasteiger partial charge is 0.102 e. The normalized spacial score (nSPS) is 12.5. The van der Waals surface area contributed by atoms with E-state index in [-0.39, 0.29) is 6.61 Å². The van der Waals surface area contributed by atoms with Crippen molar-refractivity contribution in [1.82, 2.24) is 0 Å². The molecule has 64 valence electrons. The minimum absolute atomic E-state index is 0.184. The maximum absolute atomic E-state index is 9.53. The van der Waals surface area contributed by atoms with Crippen molar-refractivity contribution in [3.8, 4) is 0 Å². The van der Waals surface area contributed by atoms with Crippen molar-refractivity contribution in [2.75, 3.05) is 6.61 Å². The Morgan fingerprint density at radius 2 is 1.92 bits per heavy atom. The highest BCUT2D eigenvalue weighted by atomic mass is 16.3. The number of hydrogen-bond donors (Lipinski definition) is 2. The predicted octanol–water partition coefficient (Wildman–Crippen LogP) is 1.27. The van der Waals surface area contributed by atoms with Gasteiger partial charge in [-0.25, -0.2) is 0 Å². The highest BCUT2D eigenvalue weighted by Crippen LogP contribution is 2.18. The van der Waals surface area contributed by atoms with Crippen molar-refractivity contribution < 1.29 is 10.2 Å². The van der Waals surface area contributed by atoms with Crippen LogP contribution in [0.2, 0.25) is 0 Å². The molecular formula is C10H12O2.